The molecule has 0 aliphatic carbocycles. The van der Waals surface area contributed by atoms with Gasteiger partial charge in [0.2, 0.25) is 0 Å². The molecule has 0 radical (unpaired) electrons. The zero-order valence-electron chi connectivity index (χ0n) is 10.5. The summed E-state index contributed by atoms with van der Waals surface area (Å²) in [5, 5.41) is 3.90. The van der Waals surface area contributed by atoms with Crippen LogP contribution in [0.3, 0.4) is 0 Å². The summed E-state index contributed by atoms with van der Waals surface area (Å²) < 4.78 is 18.8. The van der Waals surface area contributed by atoms with Crippen LogP contribution in [0.1, 0.15) is 27.4 Å². The summed E-state index contributed by atoms with van der Waals surface area (Å²) in [5.41, 5.74) is 2.03. The number of hydrogen-bond acceptors (Lipinski definition) is 3. The Morgan fingerprint density at radius 1 is 1.42 bits per heavy atom. The molecule has 0 spiro atoms. The second-order valence-electron chi connectivity index (χ2n) is 4.63. The Morgan fingerprint density at radius 3 is 3.00 bits per heavy atom. The van der Waals surface area contributed by atoms with Crippen molar-refractivity contribution >= 4 is 5.91 Å². The average molecular weight is 260 g/mol. The van der Waals surface area contributed by atoms with Crippen LogP contribution in [0.25, 0.3) is 0 Å². The minimum absolute atomic E-state index is 0.0992. The van der Waals surface area contributed by atoms with Crippen LogP contribution in [-0.4, -0.2) is 22.5 Å². The van der Waals surface area contributed by atoms with Crippen LogP contribution in [0.4, 0.5) is 4.39 Å². The Morgan fingerprint density at radius 2 is 2.21 bits per heavy atom. The van der Waals surface area contributed by atoms with Crippen molar-refractivity contribution in [3.8, 4) is 0 Å². The fourth-order valence-electron chi connectivity index (χ4n) is 2.36. The highest BCUT2D eigenvalue weighted by molar-refractivity contribution is 5.94. The number of benzene rings is 1. The van der Waals surface area contributed by atoms with Crippen molar-refractivity contribution in [1.82, 2.24) is 10.1 Å². The Labute approximate surface area is 109 Å². The van der Waals surface area contributed by atoms with Crippen LogP contribution < -0.4 is 0 Å². The first-order chi connectivity index (χ1) is 9.16. The zero-order chi connectivity index (χ0) is 13.4. The highest BCUT2D eigenvalue weighted by atomic mass is 19.1. The summed E-state index contributed by atoms with van der Waals surface area (Å²) in [4.78, 5) is 13.8. The van der Waals surface area contributed by atoms with Gasteiger partial charge in [-0.05, 0) is 25.5 Å². The number of rotatable bonds is 1. The minimum atomic E-state index is -0.493. The Hall–Kier alpha value is -2.17. The van der Waals surface area contributed by atoms with E-state index in [1.54, 1.807) is 17.0 Å². The minimum Gasteiger partial charge on any atom is -0.359 e. The molecule has 0 bridgehead atoms. The number of hydrogen-bond donors (Lipinski definition) is 0. The third-order valence-corrected chi connectivity index (χ3v) is 3.42. The van der Waals surface area contributed by atoms with Gasteiger partial charge in [0.1, 0.15) is 5.82 Å². The molecule has 19 heavy (non-hydrogen) atoms. The molecule has 0 N–H and O–H groups in total. The molecule has 2 aromatic rings. The second-order valence-corrected chi connectivity index (χ2v) is 4.63. The number of amides is 1. The van der Waals surface area contributed by atoms with Crippen LogP contribution in [-0.2, 0) is 13.0 Å². The molecule has 5 heteroatoms. The van der Waals surface area contributed by atoms with Gasteiger partial charge in [-0.1, -0.05) is 17.3 Å². The largest absolute Gasteiger partial charge is 0.359 e. The van der Waals surface area contributed by atoms with E-state index in [0.717, 1.165) is 11.3 Å². The van der Waals surface area contributed by atoms with Crippen molar-refractivity contribution in [3.63, 3.8) is 0 Å². The van der Waals surface area contributed by atoms with Gasteiger partial charge in [-0.2, -0.15) is 0 Å². The maximum Gasteiger partial charge on any atom is 0.257 e. The number of fused-ring (bicyclic) bond motifs is 1. The molecule has 3 rings (SSSR count). The van der Waals surface area contributed by atoms with Gasteiger partial charge in [-0.3, -0.25) is 4.79 Å². The fraction of sp³-hybridized carbons (Fsp3) is 0.286. The van der Waals surface area contributed by atoms with E-state index >= 15 is 0 Å². The standard InChI is InChI=1S/C14H13FN2O2/c1-9-10-6-7-17(8-13(10)19-16-9)14(18)11-4-2-3-5-12(11)15/h2-5H,6-8H2,1H3. The van der Waals surface area contributed by atoms with Gasteiger partial charge in [0.05, 0.1) is 17.8 Å². The Bertz CT molecular complexity index is 636. The van der Waals surface area contributed by atoms with Crippen LogP contribution in [0.5, 0.6) is 0 Å². The van der Waals surface area contributed by atoms with Gasteiger partial charge in [-0.25, -0.2) is 4.39 Å². The van der Waals surface area contributed by atoms with Crippen molar-refractivity contribution < 1.29 is 13.7 Å². The van der Waals surface area contributed by atoms with E-state index in [9.17, 15) is 9.18 Å². The summed E-state index contributed by atoms with van der Waals surface area (Å²) in [6, 6.07) is 6.02. The van der Waals surface area contributed by atoms with Crippen LogP contribution >= 0.6 is 0 Å². The molecular weight excluding hydrogens is 247 g/mol. The van der Waals surface area contributed by atoms with E-state index in [-0.39, 0.29) is 11.5 Å². The molecule has 1 aromatic heterocycles. The molecule has 1 aliphatic heterocycles. The number of aromatic nitrogens is 1. The SMILES string of the molecule is Cc1noc2c1CCN(C(=O)c1ccccc1F)C2. The van der Waals surface area contributed by atoms with Crippen molar-refractivity contribution in [2.75, 3.05) is 6.54 Å². The molecule has 0 unspecified atom stereocenters. The Balaban J connectivity index is 1.86. The molecule has 0 saturated carbocycles. The predicted octanol–water partition coefficient (Wildman–Crippen LogP) is 2.32. The Kier molecular flexibility index (Phi) is 2.81. The van der Waals surface area contributed by atoms with E-state index in [1.165, 1.54) is 12.1 Å². The summed E-state index contributed by atoms with van der Waals surface area (Å²) in [5.74, 6) is -0.0988. The summed E-state index contributed by atoms with van der Waals surface area (Å²) >= 11 is 0. The van der Waals surface area contributed by atoms with Gasteiger partial charge in [-0.15, -0.1) is 0 Å². The molecule has 0 fully saturated rings. The first kappa shape index (κ1) is 11.9. The number of aryl methyl sites for hydroxylation is 1. The zero-order valence-corrected chi connectivity index (χ0v) is 10.5. The number of carbonyl (C=O) groups excluding carboxylic acids is 1. The lowest BCUT2D eigenvalue weighted by atomic mass is 10.0. The van der Waals surface area contributed by atoms with Crippen LogP contribution in [0, 0.1) is 12.7 Å². The number of halogens is 1. The van der Waals surface area contributed by atoms with Gasteiger partial charge in [0, 0.05) is 12.1 Å². The van der Waals surface area contributed by atoms with Gasteiger partial charge in [0.15, 0.2) is 5.76 Å². The summed E-state index contributed by atoms with van der Waals surface area (Å²) in [7, 11) is 0. The topological polar surface area (TPSA) is 46.3 Å². The fourth-order valence-corrected chi connectivity index (χ4v) is 2.36. The van der Waals surface area contributed by atoms with Crippen molar-refractivity contribution in [3.05, 3.63) is 52.7 Å². The number of carbonyl (C=O) groups is 1. The maximum absolute atomic E-state index is 13.6. The monoisotopic (exact) mass is 260 g/mol. The molecule has 2 heterocycles. The molecule has 98 valence electrons. The van der Waals surface area contributed by atoms with Gasteiger partial charge >= 0.3 is 0 Å². The maximum atomic E-state index is 13.6. The predicted molar refractivity (Wildman–Crippen MR) is 66.1 cm³/mol. The van der Waals surface area contributed by atoms with Gasteiger partial charge in [0.25, 0.3) is 5.91 Å². The number of nitrogens with zero attached hydrogens (tertiary/aromatic N) is 2. The van der Waals surface area contributed by atoms with Crippen LogP contribution in [0.2, 0.25) is 0 Å². The second kappa shape index (κ2) is 4.50. The molecule has 1 aromatic carbocycles. The normalized spacial score (nSPS) is 14.3. The smallest absolute Gasteiger partial charge is 0.257 e. The van der Waals surface area contributed by atoms with E-state index in [4.69, 9.17) is 4.52 Å². The van der Waals surface area contributed by atoms with Crippen molar-refractivity contribution in [1.29, 1.82) is 0 Å². The van der Waals surface area contributed by atoms with E-state index in [2.05, 4.69) is 5.16 Å². The first-order valence-electron chi connectivity index (χ1n) is 6.14. The third kappa shape index (κ3) is 2.01. The molecule has 1 amide bonds. The summed E-state index contributed by atoms with van der Waals surface area (Å²) in [6.07, 6.45) is 0.699. The van der Waals surface area contributed by atoms with Gasteiger partial charge < -0.3 is 9.42 Å². The van der Waals surface area contributed by atoms with E-state index < -0.39 is 5.82 Å². The highest BCUT2D eigenvalue weighted by Gasteiger charge is 2.27. The van der Waals surface area contributed by atoms with E-state index in [0.29, 0.717) is 25.3 Å². The highest BCUT2D eigenvalue weighted by Crippen LogP contribution is 2.23. The molecule has 0 saturated heterocycles. The first-order valence-corrected chi connectivity index (χ1v) is 6.14. The summed E-state index contributed by atoms with van der Waals surface area (Å²) in [6.45, 7) is 2.79. The molecular formula is C14H13FN2O2. The van der Waals surface area contributed by atoms with Crippen molar-refractivity contribution in [2.24, 2.45) is 0 Å². The lowest BCUT2D eigenvalue weighted by Gasteiger charge is -2.25. The lowest BCUT2D eigenvalue weighted by Crippen LogP contribution is -2.36. The molecule has 1 aliphatic rings. The van der Waals surface area contributed by atoms with E-state index in [1.807, 2.05) is 6.92 Å². The quantitative estimate of drug-likeness (QED) is 0.790. The van der Waals surface area contributed by atoms with Crippen molar-refractivity contribution in [2.45, 2.75) is 19.9 Å². The average Bonchev–Trinajstić information content (AvgIpc) is 2.80. The molecule has 4 nitrogen and oxygen atoms in total. The third-order valence-electron chi connectivity index (χ3n) is 3.42. The molecule has 0 atom stereocenters. The lowest BCUT2D eigenvalue weighted by molar-refractivity contribution is 0.0711. The van der Waals surface area contributed by atoms with Crippen LogP contribution in [0.15, 0.2) is 28.8 Å².